The van der Waals surface area contributed by atoms with Gasteiger partial charge in [-0.05, 0) is 31.6 Å². The lowest BCUT2D eigenvalue weighted by molar-refractivity contribution is -0.128. The van der Waals surface area contributed by atoms with Gasteiger partial charge in [-0.1, -0.05) is 20.8 Å². The Hall–Kier alpha value is -0.570. The Morgan fingerprint density at radius 1 is 1.47 bits per heavy atom. The first kappa shape index (κ1) is 12.9. The third-order valence-corrected chi connectivity index (χ3v) is 4.29. The summed E-state index contributed by atoms with van der Waals surface area (Å²) < 4.78 is 0. The quantitative estimate of drug-likeness (QED) is 0.720. The predicted octanol–water partition coefficient (Wildman–Crippen LogP) is 3.02. The Kier molecular flexibility index (Phi) is 2.81. The second-order valence-corrected chi connectivity index (χ2v) is 7.29. The fourth-order valence-corrected chi connectivity index (χ4v) is 3.85. The van der Waals surface area contributed by atoms with Crippen LogP contribution in [0.5, 0.6) is 0 Å². The van der Waals surface area contributed by atoms with Gasteiger partial charge >= 0.3 is 0 Å². The minimum absolute atomic E-state index is 0.108. The number of carbonyl (C=O) groups excluding carboxylic acids is 1. The van der Waals surface area contributed by atoms with Crippen LogP contribution in [0.25, 0.3) is 0 Å². The molecular weight excluding hydrogens is 236 g/mol. The van der Waals surface area contributed by atoms with Crippen molar-refractivity contribution in [2.45, 2.75) is 58.4 Å². The summed E-state index contributed by atoms with van der Waals surface area (Å²) in [5.74, 6) is 0.369. The van der Waals surface area contributed by atoms with Gasteiger partial charge in [-0.15, -0.1) is 11.6 Å². The van der Waals surface area contributed by atoms with Gasteiger partial charge in [0.25, 0.3) is 0 Å². The fraction of sp³-hybridized carbons (Fsp3) is 0.846. The number of amidine groups is 1. The van der Waals surface area contributed by atoms with Gasteiger partial charge in [0.2, 0.25) is 5.91 Å². The monoisotopic (exact) mass is 256 g/mol. The van der Waals surface area contributed by atoms with Crippen LogP contribution in [0.2, 0.25) is 0 Å². The van der Waals surface area contributed by atoms with E-state index in [0.29, 0.717) is 5.84 Å². The van der Waals surface area contributed by atoms with Gasteiger partial charge in [0, 0.05) is 11.5 Å². The van der Waals surface area contributed by atoms with Crippen molar-refractivity contribution in [1.29, 1.82) is 5.41 Å². The van der Waals surface area contributed by atoms with E-state index in [1.807, 2.05) is 0 Å². The lowest BCUT2D eigenvalue weighted by atomic mass is 9.65. The van der Waals surface area contributed by atoms with E-state index in [-0.39, 0.29) is 22.8 Å². The molecule has 3 unspecified atom stereocenters. The molecule has 0 aromatic carbocycles. The molecular formula is C13H21ClN2O. The molecule has 96 valence electrons. The lowest BCUT2D eigenvalue weighted by Crippen LogP contribution is -2.42. The topological polar surface area (TPSA) is 44.2 Å². The first-order chi connectivity index (χ1) is 7.66. The van der Waals surface area contributed by atoms with E-state index in [1.165, 1.54) is 0 Å². The fourth-order valence-electron chi connectivity index (χ4n) is 3.75. The number of hydrogen-bond acceptors (Lipinski definition) is 2. The van der Waals surface area contributed by atoms with Gasteiger partial charge in [0.1, 0.15) is 11.2 Å². The number of carbonyl (C=O) groups is 1. The maximum Gasteiger partial charge on any atom is 0.245 e. The molecule has 1 saturated carbocycles. The zero-order valence-corrected chi connectivity index (χ0v) is 11.8. The molecule has 0 spiro atoms. The third kappa shape index (κ3) is 1.99. The number of hydrogen-bond donors (Lipinski definition) is 1. The second-order valence-electron chi connectivity index (χ2n) is 6.64. The number of alkyl halides is 1. The summed E-state index contributed by atoms with van der Waals surface area (Å²) in [6.45, 7) is 8.24. The number of amides is 1. The summed E-state index contributed by atoms with van der Waals surface area (Å²) in [5, 5.41) is 7.74. The Balaban J connectivity index is 2.34. The van der Waals surface area contributed by atoms with E-state index < -0.39 is 5.38 Å². The summed E-state index contributed by atoms with van der Waals surface area (Å²) in [6, 6.07) is 0.171. The molecule has 3 atom stereocenters. The highest BCUT2D eigenvalue weighted by Crippen LogP contribution is 2.53. The molecule has 2 aliphatic rings. The molecule has 1 heterocycles. The summed E-state index contributed by atoms with van der Waals surface area (Å²) in [4.78, 5) is 13.8. The number of nitrogens with one attached hydrogen (secondary N) is 1. The average molecular weight is 257 g/mol. The molecule has 4 heteroatoms. The van der Waals surface area contributed by atoms with Crippen LogP contribution in [-0.2, 0) is 4.79 Å². The molecule has 0 radical (unpaired) electrons. The Bertz CT molecular complexity index is 378. The van der Waals surface area contributed by atoms with Crippen molar-refractivity contribution in [3.8, 4) is 0 Å². The van der Waals surface area contributed by atoms with E-state index >= 15 is 0 Å². The predicted molar refractivity (Wildman–Crippen MR) is 69.4 cm³/mol. The summed E-state index contributed by atoms with van der Waals surface area (Å²) >= 11 is 5.89. The van der Waals surface area contributed by atoms with Crippen LogP contribution in [-0.4, -0.2) is 28.1 Å². The molecule has 1 aliphatic heterocycles. The van der Waals surface area contributed by atoms with E-state index in [9.17, 15) is 4.79 Å². The molecule has 17 heavy (non-hydrogen) atoms. The van der Waals surface area contributed by atoms with Crippen LogP contribution in [0.4, 0.5) is 0 Å². The van der Waals surface area contributed by atoms with Crippen molar-refractivity contribution in [2.24, 2.45) is 10.8 Å². The van der Waals surface area contributed by atoms with E-state index in [0.717, 1.165) is 19.3 Å². The van der Waals surface area contributed by atoms with Gasteiger partial charge in [-0.2, -0.15) is 0 Å². The number of nitrogens with zero attached hydrogens (tertiary/aromatic N) is 1. The normalized spacial score (nSPS) is 37.1. The molecule has 2 rings (SSSR count). The van der Waals surface area contributed by atoms with Gasteiger partial charge in [0.05, 0.1) is 0 Å². The molecule has 0 aromatic heterocycles. The van der Waals surface area contributed by atoms with Crippen LogP contribution in [0.15, 0.2) is 0 Å². The molecule has 0 aromatic rings. The summed E-state index contributed by atoms with van der Waals surface area (Å²) in [7, 11) is 0. The van der Waals surface area contributed by atoms with Gasteiger partial charge in [-0.3, -0.25) is 15.1 Å². The third-order valence-electron chi connectivity index (χ3n) is 4.10. The van der Waals surface area contributed by atoms with Crippen LogP contribution >= 0.6 is 11.6 Å². The molecule has 1 amide bonds. The molecule has 1 saturated heterocycles. The number of halogens is 1. The first-order valence-corrected chi connectivity index (χ1v) is 6.66. The Morgan fingerprint density at radius 2 is 2.06 bits per heavy atom. The lowest BCUT2D eigenvalue weighted by Gasteiger charge is -2.38. The van der Waals surface area contributed by atoms with Crippen molar-refractivity contribution in [3.05, 3.63) is 0 Å². The maximum absolute atomic E-state index is 12.1. The largest absolute Gasteiger partial charge is 0.296 e. The minimum atomic E-state index is -0.540. The number of likely N-dealkylation sites (tertiary alicyclic amines) is 1. The maximum atomic E-state index is 12.1. The number of rotatable bonds is 1. The zero-order chi connectivity index (χ0) is 13.0. The first-order valence-electron chi connectivity index (χ1n) is 6.22. The van der Waals surface area contributed by atoms with Crippen LogP contribution in [0, 0.1) is 16.2 Å². The molecule has 3 nitrogen and oxygen atoms in total. The standard InChI is InChI=1S/C13H21ClN2O/c1-8(14)10(17)16-9-5-12(2,3)7-13(4,6-9)11(16)15/h8-9,15H,5-7H2,1-4H3. The number of fused-ring (bicyclic) bond motifs is 2. The minimum Gasteiger partial charge on any atom is -0.296 e. The van der Waals surface area contributed by atoms with E-state index in [1.54, 1.807) is 11.8 Å². The highest BCUT2D eigenvalue weighted by atomic mass is 35.5. The summed E-state index contributed by atoms with van der Waals surface area (Å²) in [6.07, 6.45) is 2.88. The smallest absolute Gasteiger partial charge is 0.245 e. The van der Waals surface area contributed by atoms with Crippen molar-refractivity contribution >= 4 is 23.3 Å². The van der Waals surface area contributed by atoms with Crippen molar-refractivity contribution in [1.82, 2.24) is 4.90 Å². The van der Waals surface area contributed by atoms with E-state index in [2.05, 4.69) is 20.8 Å². The van der Waals surface area contributed by atoms with Gasteiger partial charge in [-0.25, -0.2) is 0 Å². The average Bonchev–Trinajstić information content (AvgIpc) is 2.31. The van der Waals surface area contributed by atoms with Crippen molar-refractivity contribution in [2.75, 3.05) is 0 Å². The van der Waals surface area contributed by atoms with Gasteiger partial charge in [0.15, 0.2) is 0 Å². The van der Waals surface area contributed by atoms with Crippen molar-refractivity contribution < 1.29 is 4.79 Å². The SMILES string of the molecule is CC(Cl)C(=O)N1C(=N)C2(C)CC1CC(C)(C)C2. The molecule has 1 N–H and O–H groups in total. The molecule has 2 bridgehead atoms. The van der Waals surface area contributed by atoms with Gasteiger partial charge < -0.3 is 0 Å². The molecule has 2 fully saturated rings. The highest BCUT2D eigenvalue weighted by Gasteiger charge is 2.55. The van der Waals surface area contributed by atoms with Crippen LogP contribution in [0.1, 0.15) is 47.0 Å². The highest BCUT2D eigenvalue weighted by molar-refractivity contribution is 6.31. The zero-order valence-electron chi connectivity index (χ0n) is 11.0. The Labute approximate surface area is 108 Å². The second kappa shape index (κ2) is 3.71. The van der Waals surface area contributed by atoms with Crippen LogP contribution < -0.4 is 0 Å². The van der Waals surface area contributed by atoms with Crippen LogP contribution in [0.3, 0.4) is 0 Å². The van der Waals surface area contributed by atoms with Crippen molar-refractivity contribution in [3.63, 3.8) is 0 Å². The Morgan fingerprint density at radius 3 is 2.59 bits per heavy atom. The molecule has 1 aliphatic carbocycles. The van der Waals surface area contributed by atoms with E-state index in [4.69, 9.17) is 17.0 Å². The summed E-state index contributed by atoms with van der Waals surface area (Å²) in [5.41, 5.74) is 0.0579.